The summed E-state index contributed by atoms with van der Waals surface area (Å²) < 4.78 is 0. The number of ketones is 2. The number of carbonyl (C=O) groups excluding carboxylic acids is 2. The van der Waals surface area contributed by atoms with Crippen molar-refractivity contribution in [2.75, 3.05) is 0 Å². The van der Waals surface area contributed by atoms with Crippen LogP contribution in [0.15, 0.2) is 60.2 Å². The molecule has 3 rings (SSSR count). The number of nitrogens with zero attached hydrogens (tertiary/aromatic N) is 1. The number of nitro groups is 1. The number of hydrogen-bond acceptors (Lipinski definition) is 5. The van der Waals surface area contributed by atoms with E-state index < -0.39 is 16.5 Å². The van der Waals surface area contributed by atoms with Gasteiger partial charge in [-0.05, 0) is 5.56 Å². The Hall–Kier alpha value is -3.54. The highest BCUT2D eigenvalue weighted by Gasteiger charge is 2.32. The predicted molar refractivity (Wildman–Crippen MR) is 92.1 cm³/mol. The first-order valence-electron chi connectivity index (χ1n) is 7.50. The molecule has 25 heavy (non-hydrogen) atoms. The Labute approximate surface area is 142 Å². The number of benzene rings is 2. The molecule has 0 aromatic heterocycles. The number of nitro benzene ring substituents is 1. The van der Waals surface area contributed by atoms with Gasteiger partial charge in [0.25, 0.3) is 5.69 Å². The van der Waals surface area contributed by atoms with Crippen molar-refractivity contribution in [3.05, 3.63) is 87.0 Å². The van der Waals surface area contributed by atoms with Gasteiger partial charge in [0.1, 0.15) is 11.3 Å². The zero-order chi connectivity index (χ0) is 18.0. The Morgan fingerprint density at radius 2 is 1.84 bits per heavy atom. The normalized spacial score (nSPS) is 13.4. The maximum atomic E-state index is 12.3. The largest absolute Gasteiger partial charge is 0.506 e. The van der Waals surface area contributed by atoms with Gasteiger partial charge < -0.3 is 5.11 Å². The van der Waals surface area contributed by atoms with Crippen LogP contribution in [0.5, 0.6) is 0 Å². The van der Waals surface area contributed by atoms with Gasteiger partial charge in [-0.2, -0.15) is 0 Å². The first-order valence-corrected chi connectivity index (χ1v) is 7.50. The Kier molecular flexibility index (Phi) is 4.26. The standard InChI is InChI=1S/C19H13NO5/c21-16(10-4-6-12-5-3-7-13(11-12)20(24)25)17-18(22)14-8-1-2-9-15(14)19(17)23/h1-9,11,22H,10H2/b6-4+. The second-order valence-corrected chi connectivity index (χ2v) is 5.48. The summed E-state index contributed by atoms with van der Waals surface area (Å²) in [7, 11) is 0. The van der Waals surface area contributed by atoms with Crippen molar-refractivity contribution in [2.24, 2.45) is 0 Å². The Morgan fingerprint density at radius 1 is 1.12 bits per heavy atom. The van der Waals surface area contributed by atoms with Crippen molar-refractivity contribution in [1.82, 2.24) is 0 Å². The SMILES string of the molecule is O=C(C/C=C/c1cccc([N+](=O)[O-])c1)C1=C(O)c2ccccc2C1=O. The first-order chi connectivity index (χ1) is 12.0. The fourth-order valence-electron chi connectivity index (χ4n) is 2.67. The number of Topliss-reactive ketones (excluding diaryl/α,β-unsaturated/α-hetero) is 2. The van der Waals surface area contributed by atoms with E-state index in [4.69, 9.17) is 0 Å². The van der Waals surface area contributed by atoms with Crippen LogP contribution in [0.3, 0.4) is 0 Å². The van der Waals surface area contributed by atoms with Crippen LogP contribution in [0.25, 0.3) is 11.8 Å². The minimum absolute atomic E-state index is 0.0461. The highest BCUT2D eigenvalue weighted by Crippen LogP contribution is 2.31. The van der Waals surface area contributed by atoms with Gasteiger partial charge in [-0.3, -0.25) is 19.7 Å². The van der Waals surface area contributed by atoms with E-state index in [1.807, 2.05) is 0 Å². The smallest absolute Gasteiger partial charge is 0.270 e. The first kappa shape index (κ1) is 16.3. The lowest BCUT2D eigenvalue weighted by Gasteiger charge is -1.98. The third kappa shape index (κ3) is 3.10. The van der Waals surface area contributed by atoms with Gasteiger partial charge in [0, 0.05) is 29.7 Å². The number of aliphatic hydroxyl groups is 1. The Morgan fingerprint density at radius 3 is 2.52 bits per heavy atom. The second-order valence-electron chi connectivity index (χ2n) is 5.48. The summed E-state index contributed by atoms with van der Waals surface area (Å²) >= 11 is 0. The molecular formula is C19H13NO5. The van der Waals surface area contributed by atoms with Gasteiger partial charge in [0.2, 0.25) is 5.78 Å². The van der Waals surface area contributed by atoms with E-state index in [0.29, 0.717) is 16.7 Å². The zero-order valence-electron chi connectivity index (χ0n) is 13.0. The number of non-ortho nitro benzene ring substituents is 1. The number of rotatable bonds is 5. The van der Waals surface area contributed by atoms with Crippen LogP contribution in [-0.4, -0.2) is 21.6 Å². The molecule has 0 atom stereocenters. The summed E-state index contributed by atoms with van der Waals surface area (Å²) in [5.74, 6) is -1.28. The van der Waals surface area contributed by atoms with Crippen LogP contribution >= 0.6 is 0 Å². The van der Waals surface area contributed by atoms with Gasteiger partial charge >= 0.3 is 0 Å². The lowest BCUT2D eigenvalue weighted by Crippen LogP contribution is -2.09. The van der Waals surface area contributed by atoms with Gasteiger partial charge in [-0.1, -0.05) is 48.6 Å². The molecule has 2 aromatic rings. The van der Waals surface area contributed by atoms with Crippen LogP contribution in [0.2, 0.25) is 0 Å². The number of carbonyl (C=O) groups is 2. The van der Waals surface area contributed by atoms with E-state index in [0.717, 1.165) is 0 Å². The highest BCUT2D eigenvalue weighted by atomic mass is 16.6. The lowest BCUT2D eigenvalue weighted by atomic mass is 10.0. The maximum Gasteiger partial charge on any atom is 0.270 e. The van der Waals surface area contributed by atoms with E-state index in [9.17, 15) is 24.8 Å². The van der Waals surface area contributed by atoms with Crippen molar-refractivity contribution in [3.63, 3.8) is 0 Å². The van der Waals surface area contributed by atoms with Crippen molar-refractivity contribution in [3.8, 4) is 0 Å². The monoisotopic (exact) mass is 335 g/mol. The molecule has 0 aliphatic heterocycles. The number of allylic oxidation sites excluding steroid dienone is 2. The molecule has 1 aliphatic carbocycles. The van der Waals surface area contributed by atoms with E-state index in [-0.39, 0.29) is 23.4 Å². The molecule has 6 heteroatoms. The van der Waals surface area contributed by atoms with Crippen molar-refractivity contribution in [2.45, 2.75) is 6.42 Å². The molecule has 0 bridgehead atoms. The zero-order valence-corrected chi connectivity index (χ0v) is 13.0. The van der Waals surface area contributed by atoms with Crippen molar-refractivity contribution < 1.29 is 19.6 Å². The molecule has 0 saturated carbocycles. The predicted octanol–water partition coefficient (Wildman–Crippen LogP) is 3.73. The fourth-order valence-corrected chi connectivity index (χ4v) is 2.67. The molecule has 0 amide bonds. The average molecular weight is 335 g/mol. The lowest BCUT2D eigenvalue weighted by molar-refractivity contribution is -0.384. The third-order valence-corrected chi connectivity index (χ3v) is 3.86. The summed E-state index contributed by atoms with van der Waals surface area (Å²) in [6.45, 7) is 0. The van der Waals surface area contributed by atoms with E-state index in [1.165, 1.54) is 18.2 Å². The van der Waals surface area contributed by atoms with Gasteiger partial charge in [0.05, 0.1) is 4.92 Å². The van der Waals surface area contributed by atoms with Crippen molar-refractivity contribution in [1.29, 1.82) is 0 Å². The molecule has 124 valence electrons. The summed E-state index contributed by atoms with van der Waals surface area (Å²) in [4.78, 5) is 34.8. The molecule has 0 fully saturated rings. The van der Waals surface area contributed by atoms with Crippen LogP contribution in [-0.2, 0) is 4.79 Å². The average Bonchev–Trinajstić information content (AvgIpc) is 2.86. The summed E-state index contributed by atoms with van der Waals surface area (Å²) in [5.41, 5.74) is 0.978. The van der Waals surface area contributed by atoms with Crippen LogP contribution in [0.1, 0.15) is 27.9 Å². The van der Waals surface area contributed by atoms with Crippen molar-refractivity contribution >= 4 is 29.1 Å². The minimum atomic E-state index is -0.500. The molecule has 1 aliphatic rings. The summed E-state index contributed by atoms with van der Waals surface area (Å²) in [6.07, 6.45) is 2.98. The molecule has 0 heterocycles. The quantitative estimate of drug-likeness (QED) is 0.510. The molecule has 1 N–H and O–H groups in total. The van der Waals surface area contributed by atoms with Crippen LogP contribution < -0.4 is 0 Å². The van der Waals surface area contributed by atoms with Crippen LogP contribution in [0.4, 0.5) is 5.69 Å². The van der Waals surface area contributed by atoms with E-state index in [1.54, 1.807) is 42.5 Å². The Balaban J connectivity index is 1.76. The van der Waals surface area contributed by atoms with Gasteiger partial charge in [-0.25, -0.2) is 0 Å². The number of hydrogen-bond donors (Lipinski definition) is 1. The highest BCUT2D eigenvalue weighted by molar-refractivity contribution is 6.34. The molecule has 2 aromatic carbocycles. The Bertz CT molecular complexity index is 956. The summed E-state index contributed by atoms with van der Waals surface area (Å²) in [6, 6.07) is 12.5. The van der Waals surface area contributed by atoms with E-state index >= 15 is 0 Å². The number of fused-ring (bicyclic) bond motifs is 1. The molecule has 0 unspecified atom stereocenters. The molecular weight excluding hydrogens is 322 g/mol. The fraction of sp³-hybridized carbons (Fsp3) is 0.0526. The molecule has 0 saturated heterocycles. The third-order valence-electron chi connectivity index (χ3n) is 3.86. The molecule has 0 spiro atoms. The van der Waals surface area contributed by atoms with Gasteiger partial charge in [0.15, 0.2) is 5.78 Å². The number of aliphatic hydroxyl groups excluding tert-OH is 1. The topological polar surface area (TPSA) is 97.5 Å². The summed E-state index contributed by atoms with van der Waals surface area (Å²) in [5, 5.41) is 20.9. The molecule has 0 radical (unpaired) electrons. The maximum absolute atomic E-state index is 12.3. The second kappa shape index (κ2) is 6.52. The molecule has 6 nitrogen and oxygen atoms in total. The van der Waals surface area contributed by atoms with Crippen LogP contribution in [0, 0.1) is 10.1 Å². The van der Waals surface area contributed by atoms with Gasteiger partial charge in [-0.15, -0.1) is 0 Å². The van der Waals surface area contributed by atoms with E-state index in [2.05, 4.69) is 0 Å². The minimum Gasteiger partial charge on any atom is -0.506 e.